The number of ether oxygens (including phenoxy) is 2. The minimum atomic E-state index is -0.665. The van der Waals surface area contributed by atoms with Crippen molar-refractivity contribution in [2.45, 2.75) is 88.1 Å². The van der Waals surface area contributed by atoms with Crippen LogP contribution < -0.4 is 4.74 Å². The smallest absolute Gasteiger partial charge is 0.165 e. The van der Waals surface area contributed by atoms with Gasteiger partial charge in [0, 0.05) is 41.5 Å². The third-order valence-electron chi connectivity index (χ3n) is 12.1. The van der Waals surface area contributed by atoms with E-state index < -0.39 is 17.1 Å². The first-order valence-corrected chi connectivity index (χ1v) is 14.4. The molecule has 4 bridgehead atoms. The fourth-order valence-corrected chi connectivity index (χ4v) is 10.4. The summed E-state index contributed by atoms with van der Waals surface area (Å²) in [6, 6.07) is 12.8. The highest BCUT2D eigenvalue weighted by Crippen LogP contribution is 2.80. The molecule has 37 heavy (non-hydrogen) atoms. The molecule has 0 unspecified atom stereocenters. The Morgan fingerprint density at radius 1 is 1.16 bits per heavy atom. The Labute approximate surface area is 219 Å². The van der Waals surface area contributed by atoms with E-state index in [1.807, 2.05) is 13.2 Å². The summed E-state index contributed by atoms with van der Waals surface area (Å²) in [7, 11) is 1.83. The van der Waals surface area contributed by atoms with E-state index in [1.165, 1.54) is 30.5 Å². The van der Waals surface area contributed by atoms with E-state index in [2.05, 4.69) is 49.1 Å². The summed E-state index contributed by atoms with van der Waals surface area (Å²) in [5.41, 5.74) is 3.37. The monoisotopic (exact) mass is 501 g/mol. The number of aromatic hydroxyl groups is 1. The lowest BCUT2D eigenvalue weighted by molar-refractivity contribution is -0.324. The van der Waals surface area contributed by atoms with E-state index in [-0.39, 0.29) is 22.7 Å². The van der Waals surface area contributed by atoms with E-state index in [4.69, 9.17) is 9.47 Å². The number of rotatable bonds is 5. The van der Waals surface area contributed by atoms with Gasteiger partial charge in [-0.05, 0) is 81.5 Å². The first kappa shape index (κ1) is 22.9. The molecule has 0 amide bonds. The second-order valence-corrected chi connectivity index (χ2v) is 13.5. The third-order valence-corrected chi connectivity index (χ3v) is 12.1. The minimum Gasteiger partial charge on any atom is -0.504 e. The van der Waals surface area contributed by atoms with Gasteiger partial charge in [-0.15, -0.1) is 0 Å². The molecule has 0 aromatic heterocycles. The fourth-order valence-electron chi connectivity index (χ4n) is 10.4. The number of hydrogen-bond acceptors (Lipinski definition) is 5. The number of phenols is 1. The largest absolute Gasteiger partial charge is 0.504 e. The van der Waals surface area contributed by atoms with E-state index in [0.717, 1.165) is 55.7 Å². The molecule has 9 rings (SSSR count). The second-order valence-electron chi connectivity index (χ2n) is 13.5. The molecule has 0 radical (unpaired) electrons. The van der Waals surface area contributed by atoms with Gasteiger partial charge in [-0.1, -0.05) is 42.8 Å². The molecule has 2 aliphatic heterocycles. The number of fused-ring (bicyclic) bond motifs is 2. The van der Waals surface area contributed by atoms with Crippen molar-refractivity contribution in [3.8, 4) is 11.5 Å². The number of aryl methyl sites for hydroxylation is 1. The Morgan fingerprint density at radius 2 is 2.00 bits per heavy atom. The predicted molar refractivity (Wildman–Crippen MR) is 141 cm³/mol. The summed E-state index contributed by atoms with van der Waals surface area (Å²) in [5.74, 6) is 1.79. The Kier molecular flexibility index (Phi) is 4.39. The summed E-state index contributed by atoms with van der Waals surface area (Å²) in [4.78, 5) is 2.82. The zero-order chi connectivity index (χ0) is 25.4. The number of benzene rings is 2. The summed E-state index contributed by atoms with van der Waals surface area (Å²) in [6.45, 7) is 6.63. The highest BCUT2D eigenvalue weighted by molar-refractivity contribution is 5.63. The SMILES string of the molecule is CO[C@]12CC[C@@]3(C[C@]1(C)[C@@H](O)c1cccc(C)c1)[C@H]1Cc4ccc(O)c5c4[C@@]3(CCN1CC1CC1)[C@H]2O5. The zero-order valence-corrected chi connectivity index (χ0v) is 22.3. The maximum atomic E-state index is 12.2. The van der Waals surface area contributed by atoms with Gasteiger partial charge in [-0.2, -0.15) is 0 Å². The van der Waals surface area contributed by atoms with Crippen molar-refractivity contribution in [1.29, 1.82) is 0 Å². The van der Waals surface area contributed by atoms with Crippen LogP contribution in [0.25, 0.3) is 0 Å². The van der Waals surface area contributed by atoms with Crippen molar-refractivity contribution in [3.63, 3.8) is 0 Å². The maximum Gasteiger partial charge on any atom is 0.165 e. The summed E-state index contributed by atoms with van der Waals surface area (Å²) < 4.78 is 13.6. The van der Waals surface area contributed by atoms with Crippen LogP contribution in [0, 0.1) is 23.7 Å². The van der Waals surface area contributed by atoms with Crippen LogP contribution in [0.3, 0.4) is 0 Å². The molecule has 2 spiro atoms. The van der Waals surface area contributed by atoms with Crippen molar-refractivity contribution in [3.05, 3.63) is 58.7 Å². The standard InChI is InChI=1S/C32H39NO4/c1-19-5-4-6-22(15-19)27(35)29(2)18-30-11-12-32(29,36-3)28-31(30)13-14-33(17-20-7-8-20)24(30)16-21-9-10-23(34)26(37-28)25(21)31/h4-6,9-10,15,20,24,27-28,34-35H,7-8,11-14,16-18H2,1-3H3/t24-,27+,28-,29-,30-,31+,32+/m1/s1. The third kappa shape index (κ3) is 2.49. The number of piperidine rings is 1. The molecule has 7 aliphatic rings. The van der Waals surface area contributed by atoms with Crippen LogP contribution in [0.1, 0.15) is 73.8 Å². The lowest BCUT2D eigenvalue weighted by atomic mass is 9.31. The average Bonchev–Trinajstić information content (AvgIpc) is 3.63. The summed E-state index contributed by atoms with van der Waals surface area (Å²) in [5, 5.41) is 23.3. The molecular formula is C32H39NO4. The molecule has 2 aromatic carbocycles. The highest BCUT2D eigenvalue weighted by Gasteiger charge is 2.84. The molecule has 1 saturated heterocycles. The van der Waals surface area contributed by atoms with Crippen molar-refractivity contribution in [2.24, 2.45) is 16.7 Å². The van der Waals surface area contributed by atoms with Gasteiger partial charge >= 0.3 is 0 Å². The zero-order valence-electron chi connectivity index (χ0n) is 22.3. The second kappa shape index (κ2) is 7.11. The topological polar surface area (TPSA) is 62.2 Å². The molecule has 2 aromatic rings. The van der Waals surface area contributed by atoms with Crippen LogP contribution in [0.2, 0.25) is 0 Å². The number of phenolic OH excluding ortho intramolecular Hbond substituents is 1. The Morgan fingerprint density at radius 3 is 2.76 bits per heavy atom. The van der Waals surface area contributed by atoms with Gasteiger partial charge in [0.25, 0.3) is 0 Å². The quantitative estimate of drug-likeness (QED) is 0.601. The Bertz CT molecular complexity index is 1310. The number of nitrogens with zero attached hydrogens (tertiary/aromatic N) is 1. The lowest BCUT2D eigenvalue weighted by Crippen LogP contribution is -2.83. The highest BCUT2D eigenvalue weighted by atomic mass is 16.6. The van der Waals surface area contributed by atoms with Crippen LogP contribution in [0.4, 0.5) is 0 Å². The molecule has 2 heterocycles. The van der Waals surface area contributed by atoms with Crippen molar-refractivity contribution in [1.82, 2.24) is 4.90 Å². The van der Waals surface area contributed by atoms with Gasteiger partial charge in [-0.25, -0.2) is 0 Å². The van der Waals surface area contributed by atoms with Crippen LogP contribution in [-0.4, -0.2) is 53.1 Å². The average molecular weight is 502 g/mol. The minimum absolute atomic E-state index is 0.0172. The van der Waals surface area contributed by atoms with Gasteiger partial charge in [0.15, 0.2) is 11.5 Å². The predicted octanol–water partition coefficient (Wildman–Crippen LogP) is 5.05. The first-order chi connectivity index (χ1) is 17.8. The molecule has 5 heteroatoms. The summed E-state index contributed by atoms with van der Waals surface area (Å²) >= 11 is 0. The Hall–Kier alpha value is -2.08. The molecule has 5 aliphatic carbocycles. The number of hydrogen-bond donors (Lipinski definition) is 2. The van der Waals surface area contributed by atoms with E-state index >= 15 is 0 Å². The van der Waals surface area contributed by atoms with Crippen LogP contribution in [-0.2, 0) is 16.6 Å². The van der Waals surface area contributed by atoms with Gasteiger partial charge in [0.2, 0.25) is 0 Å². The number of methoxy groups -OCH3 is 1. The Balaban J connectivity index is 1.36. The first-order valence-electron chi connectivity index (χ1n) is 14.4. The molecule has 5 fully saturated rings. The number of aliphatic hydroxyl groups is 1. The van der Waals surface area contributed by atoms with Crippen molar-refractivity contribution in [2.75, 3.05) is 20.2 Å². The van der Waals surface area contributed by atoms with Gasteiger partial charge in [0.05, 0.1) is 6.10 Å². The molecule has 4 saturated carbocycles. The molecule has 5 nitrogen and oxygen atoms in total. The van der Waals surface area contributed by atoms with Gasteiger partial charge in [-0.3, -0.25) is 4.90 Å². The van der Waals surface area contributed by atoms with E-state index in [0.29, 0.717) is 11.8 Å². The molecule has 7 atom stereocenters. The molecule has 2 N–H and O–H groups in total. The molecule has 196 valence electrons. The number of aliphatic hydroxyl groups excluding tert-OH is 1. The fraction of sp³-hybridized carbons (Fsp3) is 0.625. The van der Waals surface area contributed by atoms with E-state index in [9.17, 15) is 10.2 Å². The van der Waals surface area contributed by atoms with E-state index in [1.54, 1.807) is 0 Å². The van der Waals surface area contributed by atoms with Crippen LogP contribution in [0.5, 0.6) is 11.5 Å². The molecular weight excluding hydrogens is 462 g/mol. The van der Waals surface area contributed by atoms with Crippen LogP contribution >= 0.6 is 0 Å². The van der Waals surface area contributed by atoms with Crippen molar-refractivity contribution < 1.29 is 19.7 Å². The van der Waals surface area contributed by atoms with Crippen LogP contribution in [0.15, 0.2) is 36.4 Å². The maximum absolute atomic E-state index is 12.2. The lowest BCUT2D eigenvalue weighted by Gasteiger charge is -2.76. The van der Waals surface area contributed by atoms with Crippen molar-refractivity contribution >= 4 is 0 Å². The van der Waals surface area contributed by atoms with Gasteiger partial charge in [0.1, 0.15) is 11.7 Å². The number of likely N-dealkylation sites (tertiary alicyclic amines) is 1. The van der Waals surface area contributed by atoms with Gasteiger partial charge < -0.3 is 19.7 Å². The summed E-state index contributed by atoms with van der Waals surface area (Å²) in [6.07, 6.45) is 6.73. The normalized spacial score (nSPS) is 41.8.